The van der Waals surface area contributed by atoms with Crippen molar-refractivity contribution in [1.29, 1.82) is 0 Å². The molecular weight excluding hydrogens is 488 g/mol. The highest BCUT2D eigenvalue weighted by Crippen LogP contribution is 2.29. The number of ether oxygens (including phenoxy) is 1. The van der Waals surface area contributed by atoms with E-state index in [4.69, 9.17) is 16.3 Å². The number of rotatable bonds is 6. The molecule has 36 heavy (non-hydrogen) atoms. The molecule has 9 heteroatoms. The molecule has 4 rings (SSSR count). The summed E-state index contributed by atoms with van der Waals surface area (Å²) in [6, 6.07) is 10.1. The summed E-state index contributed by atoms with van der Waals surface area (Å²) in [5, 5.41) is 10.1. The second kappa shape index (κ2) is 9.79. The van der Waals surface area contributed by atoms with E-state index < -0.39 is 22.8 Å². The van der Waals surface area contributed by atoms with Crippen molar-refractivity contribution >= 4 is 11.6 Å². The van der Waals surface area contributed by atoms with Crippen molar-refractivity contribution in [3.05, 3.63) is 105 Å². The van der Waals surface area contributed by atoms with Gasteiger partial charge in [0.15, 0.2) is 0 Å². The van der Waals surface area contributed by atoms with E-state index in [2.05, 4.69) is 9.97 Å². The molecule has 186 valence electrons. The summed E-state index contributed by atoms with van der Waals surface area (Å²) in [5.41, 5.74) is 2.11. The van der Waals surface area contributed by atoms with E-state index in [0.717, 1.165) is 23.3 Å². The number of aryl methyl sites for hydroxylation is 2. The predicted molar refractivity (Wildman–Crippen MR) is 133 cm³/mol. The number of aliphatic hydroxyl groups is 1. The van der Waals surface area contributed by atoms with E-state index in [1.165, 1.54) is 10.6 Å². The van der Waals surface area contributed by atoms with Gasteiger partial charge in [-0.15, -0.1) is 0 Å². The predicted octanol–water partition coefficient (Wildman–Crippen LogP) is 5.65. The molecule has 0 aliphatic rings. The normalized spacial score (nSPS) is 11.6. The molecule has 0 unspecified atom stereocenters. The van der Waals surface area contributed by atoms with Crippen LogP contribution in [0.3, 0.4) is 0 Å². The van der Waals surface area contributed by atoms with Crippen molar-refractivity contribution in [2.24, 2.45) is 0 Å². The van der Waals surface area contributed by atoms with Crippen LogP contribution in [-0.2, 0) is 12.2 Å². The van der Waals surface area contributed by atoms with Crippen LogP contribution in [0.15, 0.2) is 59.7 Å². The quantitative estimate of drug-likeness (QED) is 0.362. The molecule has 6 nitrogen and oxygen atoms in total. The molecule has 0 spiro atoms. The monoisotopic (exact) mass is 511 g/mol. The molecule has 3 aromatic heterocycles. The van der Waals surface area contributed by atoms with E-state index in [9.17, 15) is 18.7 Å². The van der Waals surface area contributed by atoms with Crippen LogP contribution in [0, 0.1) is 25.5 Å². The number of halogens is 3. The third-order valence-electron chi connectivity index (χ3n) is 5.72. The van der Waals surface area contributed by atoms with Crippen molar-refractivity contribution in [3.63, 3.8) is 0 Å². The maximum atomic E-state index is 14.0. The number of benzene rings is 1. The van der Waals surface area contributed by atoms with E-state index >= 15 is 0 Å². The summed E-state index contributed by atoms with van der Waals surface area (Å²) in [6.07, 6.45) is 3.28. The first-order valence-corrected chi connectivity index (χ1v) is 11.5. The zero-order valence-corrected chi connectivity index (χ0v) is 20.9. The molecule has 0 saturated heterocycles. The fourth-order valence-electron chi connectivity index (χ4n) is 3.73. The Bertz CT molecular complexity index is 1510. The summed E-state index contributed by atoms with van der Waals surface area (Å²) in [4.78, 5) is 22.0. The van der Waals surface area contributed by atoms with Gasteiger partial charge >= 0.3 is 0 Å². The van der Waals surface area contributed by atoms with Gasteiger partial charge in [-0.3, -0.25) is 19.3 Å². The summed E-state index contributed by atoms with van der Waals surface area (Å²) in [6.45, 7) is 6.56. The van der Waals surface area contributed by atoms with Gasteiger partial charge in [-0.25, -0.2) is 8.78 Å². The van der Waals surface area contributed by atoms with Crippen molar-refractivity contribution in [1.82, 2.24) is 14.5 Å². The Labute approximate surface area is 211 Å². The molecular formula is C27H24ClF2N3O3. The highest BCUT2D eigenvalue weighted by Gasteiger charge is 2.20. The van der Waals surface area contributed by atoms with Gasteiger partial charge in [0.2, 0.25) is 0 Å². The first kappa shape index (κ1) is 25.5. The fraction of sp³-hybridized carbons (Fsp3) is 0.222. The van der Waals surface area contributed by atoms with Crippen molar-refractivity contribution in [2.45, 2.75) is 39.9 Å². The Morgan fingerprint density at radius 3 is 2.50 bits per heavy atom. The van der Waals surface area contributed by atoms with Crippen LogP contribution in [-0.4, -0.2) is 19.6 Å². The zero-order chi connectivity index (χ0) is 26.2. The molecule has 0 aliphatic heterocycles. The van der Waals surface area contributed by atoms with Gasteiger partial charge in [-0.1, -0.05) is 11.6 Å². The van der Waals surface area contributed by atoms with Gasteiger partial charge in [-0.05, 0) is 63.6 Å². The molecule has 0 saturated carbocycles. The minimum Gasteiger partial charge on any atom is -0.487 e. The third kappa shape index (κ3) is 5.15. The minimum atomic E-state index is -1.12. The molecule has 0 fully saturated rings. The highest BCUT2D eigenvalue weighted by atomic mass is 35.5. The summed E-state index contributed by atoms with van der Waals surface area (Å²) >= 11 is 6.36. The van der Waals surface area contributed by atoms with Gasteiger partial charge < -0.3 is 9.84 Å². The van der Waals surface area contributed by atoms with Crippen LogP contribution in [0.1, 0.15) is 36.5 Å². The number of nitrogens with zero attached hydrogens (tertiary/aromatic N) is 3. The maximum Gasteiger partial charge on any atom is 0.277 e. The maximum absolute atomic E-state index is 14.0. The van der Waals surface area contributed by atoms with Gasteiger partial charge in [0.05, 0.1) is 17.1 Å². The number of hydrogen-bond acceptors (Lipinski definition) is 5. The van der Waals surface area contributed by atoms with E-state index in [1.807, 2.05) is 6.07 Å². The average molecular weight is 512 g/mol. The highest BCUT2D eigenvalue weighted by molar-refractivity contribution is 6.31. The molecule has 0 radical (unpaired) electrons. The average Bonchev–Trinajstić information content (AvgIpc) is 2.82. The fourth-order valence-corrected chi connectivity index (χ4v) is 3.92. The van der Waals surface area contributed by atoms with E-state index in [0.29, 0.717) is 22.8 Å². The first-order chi connectivity index (χ1) is 17.0. The molecule has 0 atom stereocenters. The molecule has 0 bridgehead atoms. The van der Waals surface area contributed by atoms with Crippen LogP contribution in [0.25, 0.3) is 16.8 Å². The topological polar surface area (TPSA) is 77.2 Å². The van der Waals surface area contributed by atoms with Crippen molar-refractivity contribution in [2.75, 3.05) is 0 Å². The Morgan fingerprint density at radius 1 is 1.06 bits per heavy atom. The Morgan fingerprint density at radius 2 is 1.81 bits per heavy atom. The largest absolute Gasteiger partial charge is 0.487 e. The van der Waals surface area contributed by atoms with Gasteiger partial charge in [0.25, 0.3) is 5.56 Å². The van der Waals surface area contributed by atoms with E-state index in [-0.39, 0.29) is 22.9 Å². The van der Waals surface area contributed by atoms with Gasteiger partial charge in [0, 0.05) is 41.3 Å². The molecule has 1 N–H and O–H groups in total. The lowest BCUT2D eigenvalue weighted by molar-refractivity contribution is 0.0739. The molecule has 0 aliphatic carbocycles. The Kier molecular flexibility index (Phi) is 6.93. The van der Waals surface area contributed by atoms with Gasteiger partial charge in [0.1, 0.15) is 34.6 Å². The second-order valence-electron chi connectivity index (χ2n) is 8.95. The number of aromatic nitrogens is 3. The van der Waals surface area contributed by atoms with Crippen LogP contribution in [0.4, 0.5) is 8.78 Å². The standard InChI is InChI=1S/C27H24ClF2N3O3/c1-15-9-23(36-14-18-5-6-20(29)12-21(18)30)25(28)26(34)33(15)22-10-19(13-32-16(22)2)17-7-8-31-24(11-17)27(3,4)35/h5-13,35H,14H2,1-4H3. The van der Waals surface area contributed by atoms with E-state index in [1.54, 1.807) is 58.3 Å². The SMILES string of the molecule is Cc1ncc(-c2ccnc(C(C)(C)O)c2)cc1-n1c(C)cc(OCc2ccc(F)cc2F)c(Cl)c1=O. The van der Waals surface area contributed by atoms with Crippen molar-refractivity contribution in [3.8, 4) is 22.6 Å². The molecule has 3 heterocycles. The van der Waals surface area contributed by atoms with Crippen LogP contribution in [0.2, 0.25) is 5.02 Å². The minimum absolute atomic E-state index is 0.0878. The second-order valence-corrected chi connectivity index (χ2v) is 9.32. The summed E-state index contributed by atoms with van der Waals surface area (Å²) in [5.74, 6) is -1.36. The third-order valence-corrected chi connectivity index (χ3v) is 6.07. The van der Waals surface area contributed by atoms with Crippen LogP contribution < -0.4 is 10.3 Å². The summed E-state index contributed by atoms with van der Waals surface area (Å²) < 4.78 is 34.2. The van der Waals surface area contributed by atoms with Crippen LogP contribution >= 0.6 is 11.6 Å². The van der Waals surface area contributed by atoms with Crippen molar-refractivity contribution < 1.29 is 18.6 Å². The lowest BCUT2D eigenvalue weighted by atomic mass is 10.00. The lowest BCUT2D eigenvalue weighted by Gasteiger charge is -2.18. The molecule has 0 amide bonds. The Balaban J connectivity index is 1.72. The van der Waals surface area contributed by atoms with Gasteiger partial charge in [-0.2, -0.15) is 0 Å². The van der Waals surface area contributed by atoms with Crippen LogP contribution in [0.5, 0.6) is 5.75 Å². The molecule has 4 aromatic rings. The zero-order valence-electron chi connectivity index (χ0n) is 20.1. The first-order valence-electron chi connectivity index (χ1n) is 11.1. The Hall–Kier alpha value is -3.62. The number of pyridine rings is 3. The smallest absolute Gasteiger partial charge is 0.277 e. The number of hydrogen-bond donors (Lipinski definition) is 1. The lowest BCUT2D eigenvalue weighted by Crippen LogP contribution is -2.23. The molecule has 1 aromatic carbocycles. The summed E-state index contributed by atoms with van der Waals surface area (Å²) in [7, 11) is 0.